The van der Waals surface area contributed by atoms with Crippen molar-refractivity contribution in [3.63, 3.8) is 0 Å². The Morgan fingerprint density at radius 2 is 1.70 bits per heavy atom. The van der Waals surface area contributed by atoms with Crippen LogP contribution < -0.4 is 10.2 Å². The van der Waals surface area contributed by atoms with E-state index in [-0.39, 0.29) is 0 Å². The fourth-order valence-corrected chi connectivity index (χ4v) is 3.84. The minimum absolute atomic E-state index is 0.686. The molecular weight excluding hydrogens is 244 g/mol. The van der Waals surface area contributed by atoms with E-state index < -0.39 is 0 Å². The molecule has 1 N–H and O–H groups in total. The molecule has 110 valence electrons. The minimum Gasteiger partial charge on any atom is -0.382 e. The fraction of sp³-hybridized carbons (Fsp3) is 0.667. The Kier molecular flexibility index (Phi) is 4.49. The highest BCUT2D eigenvalue weighted by Gasteiger charge is 2.23. The molecule has 0 amide bonds. The van der Waals surface area contributed by atoms with Crippen LogP contribution in [-0.2, 0) is 0 Å². The van der Waals surface area contributed by atoms with Crippen LogP contribution in [0.5, 0.6) is 0 Å². The van der Waals surface area contributed by atoms with Crippen LogP contribution in [0.3, 0.4) is 0 Å². The Hall–Kier alpha value is -1.18. The summed E-state index contributed by atoms with van der Waals surface area (Å²) in [7, 11) is 0. The maximum Gasteiger partial charge on any atom is 0.0367 e. The van der Waals surface area contributed by atoms with Gasteiger partial charge in [-0.05, 0) is 55.9 Å². The highest BCUT2D eigenvalue weighted by Crippen LogP contribution is 2.30. The molecule has 2 heteroatoms. The van der Waals surface area contributed by atoms with Crippen molar-refractivity contribution in [2.75, 3.05) is 23.3 Å². The number of rotatable bonds is 4. The zero-order valence-electron chi connectivity index (χ0n) is 12.8. The molecule has 1 aromatic carbocycles. The first-order valence-corrected chi connectivity index (χ1v) is 8.48. The lowest BCUT2D eigenvalue weighted by atomic mass is 9.83. The molecule has 0 radical (unpaired) electrons. The molecular formula is C18H28N2. The third-order valence-electron chi connectivity index (χ3n) is 5.12. The Morgan fingerprint density at radius 3 is 2.40 bits per heavy atom. The van der Waals surface area contributed by atoms with Gasteiger partial charge >= 0.3 is 0 Å². The summed E-state index contributed by atoms with van der Waals surface area (Å²) in [4.78, 5) is 2.50. The van der Waals surface area contributed by atoms with Gasteiger partial charge in [0.05, 0.1) is 0 Å². The molecule has 1 saturated heterocycles. The number of anilines is 2. The molecule has 1 aliphatic heterocycles. The smallest absolute Gasteiger partial charge is 0.0367 e. The van der Waals surface area contributed by atoms with Crippen molar-refractivity contribution in [1.82, 2.24) is 0 Å². The molecule has 0 spiro atoms. The Bertz CT molecular complexity index is 406. The molecule has 1 aromatic rings. The molecule has 2 nitrogen and oxygen atoms in total. The highest BCUT2D eigenvalue weighted by atomic mass is 15.1. The Labute approximate surface area is 123 Å². The van der Waals surface area contributed by atoms with Crippen LogP contribution in [0.1, 0.15) is 51.9 Å². The topological polar surface area (TPSA) is 15.3 Å². The third-order valence-corrected chi connectivity index (χ3v) is 5.12. The second-order valence-electron chi connectivity index (χ2n) is 6.44. The van der Waals surface area contributed by atoms with Gasteiger partial charge < -0.3 is 10.2 Å². The van der Waals surface area contributed by atoms with Crippen molar-refractivity contribution in [3.8, 4) is 0 Å². The average molecular weight is 272 g/mol. The predicted octanol–water partition coefficient (Wildman–Crippen LogP) is 4.67. The van der Waals surface area contributed by atoms with Gasteiger partial charge in [-0.25, -0.2) is 0 Å². The Morgan fingerprint density at radius 1 is 1.00 bits per heavy atom. The first kappa shape index (κ1) is 13.8. The predicted molar refractivity (Wildman–Crippen MR) is 87.5 cm³/mol. The summed E-state index contributed by atoms with van der Waals surface area (Å²) in [5, 5.41) is 3.78. The molecule has 2 unspecified atom stereocenters. The summed E-state index contributed by atoms with van der Waals surface area (Å²) in [6.07, 6.45) is 9.56. The van der Waals surface area contributed by atoms with Gasteiger partial charge in [-0.3, -0.25) is 0 Å². The molecule has 20 heavy (non-hydrogen) atoms. The van der Waals surface area contributed by atoms with E-state index in [0.717, 1.165) is 5.92 Å². The number of hydrogen-bond donors (Lipinski definition) is 1. The lowest BCUT2D eigenvalue weighted by Gasteiger charge is -2.32. The van der Waals surface area contributed by atoms with Gasteiger partial charge in [0, 0.05) is 30.5 Å². The summed E-state index contributed by atoms with van der Waals surface area (Å²) in [5.41, 5.74) is 2.70. The molecule has 1 saturated carbocycles. The largest absolute Gasteiger partial charge is 0.382 e. The minimum atomic E-state index is 0.686. The molecule has 0 bridgehead atoms. The highest BCUT2D eigenvalue weighted by molar-refractivity contribution is 5.55. The van der Waals surface area contributed by atoms with Crippen LogP contribution >= 0.6 is 0 Å². The number of benzene rings is 1. The summed E-state index contributed by atoms with van der Waals surface area (Å²) >= 11 is 0. The zero-order chi connectivity index (χ0) is 13.8. The number of hydrogen-bond acceptors (Lipinski definition) is 2. The van der Waals surface area contributed by atoms with Crippen LogP contribution in [0.15, 0.2) is 24.3 Å². The Balaban J connectivity index is 1.62. The maximum absolute atomic E-state index is 3.78. The normalized spacial score (nSPS) is 26.8. The van der Waals surface area contributed by atoms with Gasteiger partial charge in [0.15, 0.2) is 0 Å². The van der Waals surface area contributed by atoms with Crippen molar-refractivity contribution in [2.24, 2.45) is 5.92 Å². The second kappa shape index (κ2) is 6.51. The lowest BCUT2D eigenvalue weighted by molar-refractivity contribution is 0.317. The number of nitrogens with one attached hydrogen (secondary N) is 1. The van der Waals surface area contributed by atoms with E-state index in [1.54, 1.807) is 0 Å². The van der Waals surface area contributed by atoms with Crippen LogP contribution in [-0.4, -0.2) is 19.1 Å². The summed E-state index contributed by atoms with van der Waals surface area (Å²) in [6.45, 7) is 4.79. The van der Waals surface area contributed by atoms with E-state index in [2.05, 4.69) is 41.4 Å². The zero-order valence-corrected chi connectivity index (χ0v) is 12.8. The van der Waals surface area contributed by atoms with E-state index in [1.807, 2.05) is 0 Å². The molecule has 2 atom stereocenters. The average Bonchev–Trinajstić information content (AvgIpc) is 3.03. The molecule has 2 aliphatic rings. The van der Waals surface area contributed by atoms with Gasteiger partial charge in [-0.1, -0.05) is 26.2 Å². The number of nitrogens with zero attached hydrogens (tertiary/aromatic N) is 1. The van der Waals surface area contributed by atoms with Crippen LogP contribution in [0.25, 0.3) is 0 Å². The van der Waals surface area contributed by atoms with Gasteiger partial charge in [0.25, 0.3) is 0 Å². The van der Waals surface area contributed by atoms with Crippen molar-refractivity contribution in [1.29, 1.82) is 0 Å². The molecule has 1 heterocycles. The first-order valence-electron chi connectivity index (χ1n) is 8.48. The van der Waals surface area contributed by atoms with E-state index in [0.29, 0.717) is 6.04 Å². The van der Waals surface area contributed by atoms with Crippen molar-refractivity contribution < 1.29 is 0 Å². The maximum atomic E-state index is 3.78. The molecule has 1 aliphatic carbocycles. The second-order valence-corrected chi connectivity index (χ2v) is 6.44. The quantitative estimate of drug-likeness (QED) is 0.857. The van der Waals surface area contributed by atoms with Gasteiger partial charge in [0.2, 0.25) is 0 Å². The van der Waals surface area contributed by atoms with Crippen LogP contribution in [0.4, 0.5) is 11.4 Å². The van der Waals surface area contributed by atoms with Crippen LogP contribution in [0.2, 0.25) is 0 Å². The van der Waals surface area contributed by atoms with E-state index in [4.69, 9.17) is 0 Å². The van der Waals surface area contributed by atoms with Crippen molar-refractivity contribution >= 4 is 11.4 Å². The third kappa shape index (κ3) is 3.11. The van der Waals surface area contributed by atoms with E-state index in [1.165, 1.54) is 69.4 Å². The summed E-state index contributed by atoms with van der Waals surface area (Å²) < 4.78 is 0. The summed E-state index contributed by atoms with van der Waals surface area (Å²) in [6, 6.07) is 9.81. The van der Waals surface area contributed by atoms with E-state index in [9.17, 15) is 0 Å². The SMILES string of the molecule is CCC1CCCCC1Nc1ccc(N2CCCC2)cc1. The fourth-order valence-electron chi connectivity index (χ4n) is 3.84. The van der Waals surface area contributed by atoms with Crippen molar-refractivity contribution in [2.45, 2.75) is 57.9 Å². The summed E-state index contributed by atoms with van der Waals surface area (Å²) in [5.74, 6) is 0.863. The molecule has 2 fully saturated rings. The standard InChI is InChI=1S/C18H28N2/c1-2-15-7-3-4-8-18(15)19-16-9-11-17(12-10-16)20-13-5-6-14-20/h9-12,15,18-19H,2-8,13-14H2,1H3. The molecule has 0 aromatic heterocycles. The van der Waals surface area contributed by atoms with E-state index >= 15 is 0 Å². The van der Waals surface area contributed by atoms with Crippen LogP contribution in [0, 0.1) is 5.92 Å². The van der Waals surface area contributed by atoms with Gasteiger partial charge in [-0.2, -0.15) is 0 Å². The van der Waals surface area contributed by atoms with Gasteiger partial charge in [-0.15, -0.1) is 0 Å². The molecule has 3 rings (SSSR count). The first-order chi connectivity index (χ1) is 9.86. The monoisotopic (exact) mass is 272 g/mol. The van der Waals surface area contributed by atoms with Gasteiger partial charge in [0.1, 0.15) is 0 Å². The lowest BCUT2D eigenvalue weighted by Crippen LogP contribution is -2.31. The van der Waals surface area contributed by atoms with Crippen molar-refractivity contribution in [3.05, 3.63) is 24.3 Å².